The third-order valence-electron chi connectivity index (χ3n) is 4.47. The lowest BCUT2D eigenvalue weighted by atomic mass is 9.99. The summed E-state index contributed by atoms with van der Waals surface area (Å²) >= 11 is 1.08. The second kappa shape index (κ2) is 8.95. The molecule has 2 heterocycles. The number of aromatic nitrogens is 2. The minimum absolute atomic E-state index is 0.101. The van der Waals surface area contributed by atoms with Gasteiger partial charge >= 0.3 is 0 Å². The molecule has 0 bridgehead atoms. The molecule has 0 radical (unpaired) electrons. The van der Waals surface area contributed by atoms with E-state index in [0.717, 1.165) is 36.9 Å². The maximum Gasteiger partial charge on any atom is 0.271 e. The van der Waals surface area contributed by atoms with Crippen LogP contribution < -0.4 is 15.0 Å². The summed E-state index contributed by atoms with van der Waals surface area (Å²) in [5.74, 6) is 1.38. The highest BCUT2D eigenvalue weighted by Crippen LogP contribution is 2.26. The number of hydrogen-bond acceptors (Lipinski definition) is 7. The zero-order chi connectivity index (χ0) is 18.4. The van der Waals surface area contributed by atoms with Crippen molar-refractivity contribution in [2.24, 2.45) is 0 Å². The molecule has 1 aromatic carbocycles. The van der Waals surface area contributed by atoms with E-state index in [-0.39, 0.29) is 12.5 Å². The van der Waals surface area contributed by atoms with Crippen molar-refractivity contribution in [3.63, 3.8) is 0 Å². The van der Waals surface area contributed by atoms with Crippen LogP contribution in [0.2, 0.25) is 0 Å². The molecule has 1 aliphatic heterocycles. The number of carbonyl (C=O) groups excluding carboxylic acids is 1. The van der Waals surface area contributed by atoms with Gasteiger partial charge in [0.25, 0.3) is 11.8 Å². The largest absolute Gasteiger partial charge is 0.464 e. The van der Waals surface area contributed by atoms with Gasteiger partial charge in [0, 0.05) is 18.8 Å². The highest BCUT2D eigenvalue weighted by atomic mass is 32.1. The SMILES string of the molecule is CC[C@@H](C)c1ccc(NC(=O)COc2nsnc2N2CCOCC2)cc1. The molecule has 7 nitrogen and oxygen atoms in total. The number of ether oxygens (including phenoxy) is 2. The third-order valence-corrected chi connectivity index (χ3v) is 4.97. The molecule has 1 N–H and O–H groups in total. The van der Waals surface area contributed by atoms with Crippen molar-refractivity contribution in [2.75, 3.05) is 43.1 Å². The molecular formula is C18H24N4O3S. The second-order valence-corrected chi connectivity index (χ2v) is 6.79. The number of amides is 1. The molecule has 0 spiro atoms. The molecule has 140 valence electrons. The fraction of sp³-hybridized carbons (Fsp3) is 0.500. The van der Waals surface area contributed by atoms with Gasteiger partial charge in [-0.15, -0.1) is 4.37 Å². The van der Waals surface area contributed by atoms with Gasteiger partial charge in [-0.3, -0.25) is 4.79 Å². The summed E-state index contributed by atoms with van der Waals surface area (Å²) in [4.78, 5) is 14.2. The van der Waals surface area contributed by atoms with E-state index in [4.69, 9.17) is 9.47 Å². The first-order valence-electron chi connectivity index (χ1n) is 8.85. The van der Waals surface area contributed by atoms with Gasteiger partial charge in [-0.1, -0.05) is 26.0 Å². The van der Waals surface area contributed by atoms with Gasteiger partial charge in [0.2, 0.25) is 5.82 Å². The van der Waals surface area contributed by atoms with Gasteiger partial charge in [0.1, 0.15) is 0 Å². The first kappa shape index (κ1) is 18.6. The molecule has 0 saturated carbocycles. The highest BCUT2D eigenvalue weighted by Gasteiger charge is 2.20. The van der Waals surface area contributed by atoms with E-state index in [0.29, 0.717) is 30.8 Å². The predicted octanol–water partition coefficient (Wildman–Crippen LogP) is 2.91. The molecule has 1 amide bonds. The molecule has 0 aliphatic carbocycles. The average Bonchev–Trinajstić information content (AvgIpc) is 3.16. The molecule has 3 rings (SSSR count). The van der Waals surface area contributed by atoms with Crippen molar-refractivity contribution in [2.45, 2.75) is 26.2 Å². The molecule has 1 saturated heterocycles. The summed E-state index contributed by atoms with van der Waals surface area (Å²) < 4.78 is 19.4. The second-order valence-electron chi connectivity index (χ2n) is 6.26. The van der Waals surface area contributed by atoms with Crippen molar-refractivity contribution >= 4 is 29.1 Å². The summed E-state index contributed by atoms with van der Waals surface area (Å²) in [5, 5.41) is 2.85. The van der Waals surface area contributed by atoms with Gasteiger partial charge in [-0.2, -0.15) is 4.37 Å². The Labute approximate surface area is 157 Å². The predicted molar refractivity (Wildman–Crippen MR) is 102 cm³/mol. The van der Waals surface area contributed by atoms with Gasteiger partial charge in [0.15, 0.2) is 6.61 Å². The summed E-state index contributed by atoms with van der Waals surface area (Å²) in [6.07, 6.45) is 1.09. The molecule has 1 aromatic heterocycles. The molecule has 0 unspecified atom stereocenters. The van der Waals surface area contributed by atoms with Crippen LogP contribution in [-0.4, -0.2) is 47.6 Å². The monoisotopic (exact) mass is 376 g/mol. The van der Waals surface area contributed by atoms with Crippen LogP contribution in [0.25, 0.3) is 0 Å². The van der Waals surface area contributed by atoms with Crippen LogP contribution in [0, 0.1) is 0 Å². The molecule has 8 heteroatoms. The normalized spacial score (nSPS) is 15.5. The Hall–Kier alpha value is -2.19. The van der Waals surface area contributed by atoms with Crippen molar-refractivity contribution in [3.8, 4) is 5.88 Å². The number of benzene rings is 1. The van der Waals surface area contributed by atoms with Gasteiger partial charge in [-0.05, 0) is 30.0 Å². The number of nitrogens with one attached hydrogen (secondary N) is 1. The van der Waals surface area contributed by atoms with Gasteiger partial charge in [-0.25, -0.2) is 0 Å². The van der Waals surface area contributed by atoms with E-state index in [1.54, 1.807) is 0 Å². The standard InChI is InChI=1S/C18H24N4O3S/c1-3-13(2)14-4-6-15(7-5-14)19-16(23)12-25-18-17(20-26-21-18)22-8-10-24-11-9-22/h4-7,13H,3,8-12H2,1-2H3,(H,19,23)/t13-/m1/s1. The fourth-order valence-electron chi connectivity index (χ4n) is 2.70. The van der Waals surface area contributed by atoms with Crippen LogP contribution in [0.5, 0.6) is 5.88 Å². The Kier molecular flexibility index (Phi) is 6.40. The lowest BCUT2D eigenvalue weighted by Gasteiger charge is -2.26. The molecule has 2 aromatic rings. The van der Waals surface area contributed by atoms with Crippen molar-refractivity contribution in [3.05, 3.63) is 29.8 Å². The van der Waals surface area contributed by atoms with E-state index >= 15 is 0 Å². The first-order valence-corrected chi connectivity index (χ1v) is 9.58. The molecule has 1 aliphatic rings. The lowest BCUT2D eigenvalue weighted by Crippen LogP contribution is -2.36. The van der Waals surface area contributed by atoms with Gasteiger partial charge in [0.05, 0.1) is 24.9 Å². The number of rotatable bonds is 7. The maximum absolute atomic E-state index is 12.2. The Morgan fingerprint density at radius 1 is 1.31 bits per heavy atom. The van der Waals surface area contributed by atoms with Crippen LogP contribution in [0.3, 0.4) is 0 Å². The zero-order valence-corrected chi connectivity index (χ0v) is 15.9. The van der Waals surface area contributed by atoms with Crippen molar-refractivity contribution in [1.29, 1.82) is 0 Å². The summed E-state index contributed by atoms with van der Waals surface area (Å²) in [6, 6.07) is 7.93. The van der Waals surface area contributed by atoms with Crippen molar-refractivity contribution in [1.82, 2.24) is 8.75 Å². The number of hydrogen-bond donors (Lipinski definition) is 1. The Morgan fingerprint density at radius 2 is 2.04 bits per heavy atom. The van der Waals surface area contributed by atoms with Crippen LogP contribution in [-0.2, 0) is 9.53 Å². The zero-order valence-electron chi connectivity index (χ0n) is 15.1. The minimum atomic E-state index is -0.220. The quantitative estimate of drug-likeness (QED) is 0.801. The first-order chi connectivity index (χ1) is 12.7. The summed E-state index contributed by atoms with van der Waals surface area (Å²) in [6.45, 7) is 7.06. The Balaban J connectivity index is 1.52. The van der Waals surface area contributed by atoms with E-state index in [1.807, 2.05) is 24.3 Å². The number of anilines is 2. The van der Waals surface area contributed by atoms with Crippen LogP contribution >= 0.6 is 11.7 Å². The fourth-order valence-corrected chi connectivity index (χ4v) is 3.22. The van der Waals surface area contributed by atoms with E-state index < -0.39 is 0 Å². The molecule has 26 heavy (non-hydrogen) atoms. The van der Waals surface area contributed by atoms with E-state index in [9.17, 15) is 4.79 Å². The van der Waals surface area contributed by atoms with Crippen molar-refractivity contribution < 1.29 is 14.3 Å². The maximum atomic E-state index is 12.2. The van der Waals surface area contributed by atoms with Crippen LogP contribution in [0.4, 0.5) is 11.5 Å². The molecular weight excluding hydrogens is 352 g/mol. The number of nitrogens with zero attached hydrogens (tertiary/aromatic N) is 3. The Morgan fingerprint density at radius 3 is 2.73 bits per heavy atom. The summed E-state index contributed by atoms with van der Waals surface area (Å²) in [7, 11) is 0. The Bertz CT molecular complexity index is 713. The van der Waals surface area contributed by atoms with Crippen LogP contribution in [0.1, 0.15) is 31.7 Å². The lowest BCUT2D eigenvalue weighted by molar-refractivity contribution is -0.118. The molecule has 1 atom stereocenters. The van der Waals surface area contributed by atoms with E-state index in [1.165, 1.54) is 5.56 Å². The smallest absolute Gasteiger partial charge is 0.271 e. The highest BCUT2D eigenvalue weighted by molar-refractivity contribution is 6.99. The number of carbonyl (C=O) groups is 1. The summed E-state index contributed by atoms with van der Waals surface area (Å²) in [5.41, 5.74) is 2.03. The minimum Gasteiger partial charge on any atom is -0.464 e. The molecule has 1 fully saturated rings. The number of morpholine rings is 1. The third kappa shape index (κ3) is 4.70. The van der Waals surface area contributed by atoms with Crippen LogP contribution in [0.15, 0.2) is 24.3 Å². The van der Waals surface area contributed by atoms with E-state index in [2.05, 4.69) is 32.8 Å². The topological polar surface area (TPSA) is 76.6 Å². The van der Waals surface area contributed by atoms with Gasteiger partial charge < -0.3 is 19.7 Å². The average molecular weight is 376 g/mol.